The molecule has 1 aliphatic carbocycles. The number of benzene rings is 1. The summed E-state index contributed by atoms with van der Waals surface area (Å²) in [6, 6.07) is 12.2. The Balaban J connectivity index is 1.73. The number of aromatic carboxylic acids is 1. The van der Waals surface area contributed by atoms with E-state index in [1.165, 1.54) is 12.1 Å². The van der Waals surface area contributed by atoms with Crippen LogP contribution in [0.25, 0.3) is 16.9 Å². The third-order valence-corrected chi connectivity index (χ3v) is 3.90. The van der Waals surface area contributed by atoms with E-state index in [0.717, 1.165) is 24.1 Å². The Hall–Kier alpha value is -3.22. The number of amides is 1. The molecule has 120 valence electrons. The van der Waals surface area contributed by atoms with Gasteiger partial charge in [0.2, 0.25) is 5.82 Å². The number of nitrogens with one attached hydrogen (secondary N) is 1. The first kappa shape index (κ1) is 14.4. The van der Waals surface area contributed by atoms with Crippen LogP contribution in [-0.4, -0.2) is 37.6 Å². The lowest BCUT2D eigenvalue weighted by molar-refractivity contribution is 0.0696. The van der Waals surface area contributed by atoms with Crippen LogP contribution in [0.2, 0.25) is 0 Å². The van der Waals surface area contributed by atoms with Gasteiger partial charge in [0.05, 0.1) is 11.3 Å². The molecule has 1 aromatic carbocycles. The number of aromatic nitrogens is 3. The zero-order valence-electron chi connectivity index (χ0n) is 12.6. The van der Waals surface area contributed by atoms with Crippen molar-refractivity contribution in [3.63, 3.8) is 0 Å². The molecule has 0 atom stereocenters. The Morgan fingerprint density at radius 1 is 1.12 bits per heavy atom. The van der Waals surface area contributed by atoms with Gasteiger partial charge in [-0.25, -0.2) is 14.3 Å². The van der Waals surface area contributed by atoms with Gasteiger partial charge in [0.25, 0.3) is 5.91 Å². The zero-order valence-corrected chi connectivity index (χ0v) is 12.6. The molecule has 2 heterocycles. The SMILES string of the molecule is O=C(O)c1ccc(-c2cccc3nc(C(=O)NC4CC4)nn23)cc1. The maximum atomic E-state index is 12.1. The highest BCUT2D eigenvalue weighted by atomic mass is 16.4. The van der Waals surface area contributed by atoms with Crippen LogP contribution in [0.1, 0.15) is 33.8 Å². The summed E-state index contributed by atoms with van der Waals surface area (Å²) in [5.74, 6) is -1.11. The minimum Gasteiger partial charge on any atom is -0.478 e. The molecule has 0 aliphatic heterocycles. The number of hydrogen-bond acceptors (Lipinski definition) is 4. The van der Waals surface area contributed by atoms with E-state index in [1.807, 2.05) is 12.1 Å². The highest BCUT2D eigenvalue weighted by Crippen LogP contribution is 2.22. The number of carbonyl (C=O) groups is 2. The highest BCUT2D eigenvalue weighted by molar-refractivity contribution is 5.91. The van der Waals surface area contributed by atoms with Gasteiger partial charge >= 0.3 is 5.97 Å². The standard InChI is InChI=1S/C17H14N4O3/c22-16(18-12-8-9-12)15-19-14-3-1-2-13(21(14)20-15)10-4-6-11(7-5-10)17(23)24/h1-7,12H,8-9H2,(H,18,22)(H,23,24). The lowest BCUT2D eigenvalue weighted by Crippen LogP contribution is -2.26. The first-order valence-electron chi connectivity index (χ1n) is 7.62. The molecule has 1 aliphatic rings. The van der Waals surface area contributed by atoms with Crippen LogP contribution in [0.5, 0.6) is 0 Å². The average Bonchev–Trinajstić information content (AvgIpc) is 3.28. The molecule has 1 amide bonds. The quantitative estimate of drug-likeness (QED) is 0.765. The second-order valence-electron chi connectivity index (χ2n) is 5.75. The number of carbonyl (C=O) groups excluding carboxylic acids is 1. The molecule has 2 aromatic heterocycles. The fourth-order valence-electron chi connectivity index (χ4n) is 2.48. The summed E-state index contributed by atoms with van der Waals surface area (Å²) >= 11 is 0. The van der Waals surface area contributed by atoms with E-state index >= 15 is 0 Å². The van der Waals surface area contributed by atoms with E-state index in [9.17, 15) is 9.59 Å². The van der Waals surface area contributed by atoms with Gasteiger partial charge in [-0.15, -0.1) is 5.10 Å². The van der Waals surface area contributed by atoms with Gasteiger partial charge in [-0.1, -0.05) is 18.2 Å². The molecule has 3 aromatic rings. The van der Waals surface area contributed by atoms with Crippen molar-refractivity contribution >= 4 is 17.5 Å². The normalized spacial score (nSPS) is 13.8. The summed E-state index contributed by atoms with van der Waals surface area (Å²) in [4.78, 5) is 27.3. The molecule has 1 saturated carbocycles. The lowest BCUT2D eigenvalue weighted by atomic mass is 10.1. The second kappa shape index (κ2) is 5.45. The van der Waals surface area contributed by atoms with E-state index < -0.39 is 5.97 Å². The van der Waals surface area contributed by atoms with Gasteiger partial charge in [0, 0.05) is 11.6 Å². The summed E-state index contributed by atoms with van der Waals surface area (Å²) in [7, 11) is 0. The van der Waals surface area contributed by atoms with Crippen molar-refractivity contribution in [2.45, 2.75) is 18.9 Å². The number of carboxylic acids is 1. The third kappa shape index (κ3) is 2.60. The average molecular weight is 322 g/mol. The van der Waals surface area contributed by atoms with Crippen molar-refractivity contribution < 1.29 is 14.7 Å². The van der Waals surface area contributed by atoms with Crippen LogP contribution in [0.15, 0.2) is 42.5 Å². The third-order valence-electron chi connectivity index (χ3n) is 3.90. The van der Waals surface area contributed by atoms with Crippen LogP contribution in [-0.2, 0) is 0 Å². The fraction of sp³-hybridized carbons (Fsp3) is 0.176. The molecule has 2 N–H and O–H groups in total. The van der Waals surface area contributed by atoms with E-state index in [2.05, 4.69) is 15.4 Å². The Morgan fingerprint density at radius 2 is 1.88 bits per heavy atom. The van der Waals surface area contributed by atoms with Gasteiger partial charge in [-0.2, -0.15) is 0 Å². The molecule has 0 unspecified atom stereocenters. The predicted molar refractivity (Wildman–Crippen MR) is 85.9 cm³/mol. The van der Waals surface area contributed by atoms with E-state index in [-0.39, 0.29) is 23.3 Å². The topological polar surface area (TPSA) is 96.6 Å². The molecule has 0 spiro atoms. The monoisotopic (exact) mass is 322 g/mol. The number of hydrogen-bond donors (Lipinski definition) is 2. The summed E-state index contributed by atoms with van der Waals surface area (Å²) in [5, 5.41) is 16.2. The van der Waals surface area contributed by atoms with Gasteiger partial charge in [-0.3, -0.25) is 4.79 Å². The number of rotatable bonds is 4. The number of fused-ring (bicyclic) bond motifs is 1. The summed E-state index contributed by atoms with van der Waals surface area (Å²) in [5.41, 5.74) is 2.32. The molecule has 0 bridgehead atoms. The molecule has 7 heteroatoms. The largest absolute Gasteiger partial charge is 0.478 e. The van der Waals surface area contributed by atoms with Crippen molar-refractivity contribution in [3.8, 4) is 11.3 Å². The molecule has 0 saturated heterocycles. The van der Waals surface area contributed by atoms with Gasteiger partial charge in [-0.05, 0) is 37.1 Å². The molecule has 24 heavy (non-hydrogen) atoms. The fourth-order valence-corrected chi connectivity index (χ4v) is 2.48. The number of pyridine rings is 1. The summed E-state index contributed by atoms with van der Waals surface area (Å²) in [6.07, 6.45) is 2.00. The van der Waals surface area contributed by atoms with Crippen LogP contribution in [0, 0.1) is 0 Å². The molecular weight excluding hydrogens is 308 g/mol. The molecule has 1 fully saturated rings. The highest BCUT2D eigenvalue weighted by Gasteiger charge is 2.25. The maximum absolute atomic E-state index is 12.1. The minimum absolute atomic E-state index is 0.136. The Bertz CT molecular complexity index is 942. The summed E-state index contributed by atoms with van der Waals surface area (Å²) in [6.45, 7) is 0. The van der Waals surface area contributed by atoms with Crippen molar-refractivity contribution in [1.29, 1.82) is 0 Å². The van der Waals surface area contributed by atoms with Gasteiger partial charge in [0.15, 0.2) is 5.65 Å². The van der Waals surface area contributed by atoms with Gasteiger partial charge in [0.1, 0.15) is 0 Å². The molecule has 4 rings (SSSR count). The number of carboxylic acid groups (broad SMARTS) is 1. The van der Waals surface area contributed by atoms with Crippen LogP contribution in [0.3, 0.4) is 0 Å². The smallest absolute Gasteiger partial charge is 0.335 e. The zero-order chi connectivity index (χ0) is 16.7. The van der Waals surface area contributed by atoms with Crippen LogP contribution in [0.4, 0.5) is 0 Å². The number of nitrogens with zero attached hydrogens (tertiary/aromatic N) is 3. The molecular formula is C17H14N4O3. The van der Waals surface area contributed by atoms with Gasteiger partial charge < -0.3 is 10.4 Å². The van der Waals surface area contributed by atoms with E-state index in [0.29, 0.717) is 5.65 Å². The predicted octanol–water partition coefficient (Wildman–Crippen LogP) is 1.99. The summed E-state index contributed by atoms with van der Waals surface area (Å²) < 4.78 is 1.59. The van der Waals surface area contributed by atoms with Crippen molar-refractivity contribution in [2.24, 2.45) is 0 Å². The van der Waals surface area contributed by atoms with E-state index in [4.69, 9.17) is 5.11 Å². The first-order chi connectivity index (χ1) is 11.6. The van der Waals surface area contributed by atoms with E-state index in [1.54, 1.807) is 22.7 Å². The van der Waals surface area contributed by atoms with Crippen molar-refractivity contribution in [3.05, 3.63) is 53.9 Å². The maximum Gasteiger partial charge on any atom is 0.335 e. The Kier molecular flexibility index (Phi) is 3.26. The van der Waals surface area contributed by atoms with Crippen LogP contribution < -0.4 is 5.32 Å². The van der Waals surface area contributed by atoms with Crippen molar-refractivity contribution in [1.82, 2.24) is 19.9 Å². The minimum atomic E-state index is -0.973. The first-order valence-corrected chi connectivity index (χ1v) is 7.62. The lowest BCUT2D eigenvalue weighted by Gasteiger charge is -2.04. The second-order valence-corrected chi connectivity index (χ2v) is 5.75. The molecule has 7 nitrogen and oxygen atoms in total. The Morgan fingerprint density at radius 3 is 2.54 bits per heavy atom. The molecule has 0 radical (unpaired) electrons. The van der Waals surface area contributed by atoms with Crippen LogP contribution >= 0.6 is 0 Å². The Labute approximate surface area is 137 Å². The van der Waals surface area contributed by atoms with Crippen molar-refractivity contribution in [2.75, 3.05) is 0 Å².